The highest BCUT2D eigenvalue weighted by Crippen LogP contribution is 2.46. The largest absolute Gasteiger partial charge is 0.393 e. The lowest BCUT2D eigenvalue weighted by molar-refractivity contribution is -0.147. The fourth-order valence-electron chi connectivity index (χ4n) is 2.18. The molecule has 1 rings (SSSR count). The topological polar surface area (TPSA) is 40.5 Å². The van der Waals surface area contributed by atoms with E-state index in [-0.39, 0.29) is 17.4 Å². The molecule has 0 spiro atoms. The molecule has 1 aliphatic rings. The molecule has 0 bridgehead atoms. The zero-order valence-electron chi connectivity index (χ0n) is 8.46. The molecular formula is C10H20O2. The molecule has 0 amide bonds. The third-order valence-electron chi connectivity index (χ3n) is 3.70. The highest BCUT2D eigenvalue weighted by molar-refractivity contribution is 4.99. The van der Waals surface area contributed by atoms with E-state index in [1.165, 1.54) is 0 Å². The van der Waals surface area contributed by atoms with Crippen LogP contribution in [0.3, 0.4) is 0 Å². The van der Waals surface area contributed by atoms with Crippen LogP contribution in [0, 0.1) is 11.3 Å². The molecule has 1 fully saturated rings. The first-order valence-electron chi connectivity index (χ1n) is 4.68. The minimum absolute atomic E-state index is 0.177. The second kappa shape index (κ2) is 2.71. The van der Waals surface area contributed by atoms with Gasteiger partial charge in [-0.25, -0.2) is 0 Å². The Morgan fingerprint density at radius 2 is 1.75 bits per heavy atom. The van der Waals surface area contributed by atoms with Crippen molar-refractivity contribution in [1.29, 1.82) is 0 Å². The summed E-state index contributed by atoms with van der Waals surface area (Å²) in [4.78, 5) is 0. The molecule has 0 aromatic rings. The zero-order valence-corrected chi connectivity index (χ0v) is 8.46. The maximum Gasteiger partial charge on any atom is 0.0697 e. The average Bonchev–Trinajstić information content (AvgIpc) is 1.82. The molecule has 72 valence electrons. The van der Waals surface area contributed by atoms with Crippen molar-refractivity contribution < 1.29 is 10.2 Å². The minimum Gasteiger partial charge on any atom is -0.393 e. The molecule has 3 atom stereocenters. The van der Waals surface area contributed by atoms with E-state index in [0.29, 0.717) is 6.42 Å². The van der Waals surface area contributed by atoms with Crippen LogP contribution in [0.1, 0.15) is 40.5 Å². The van der Waals surface area contributed by atoms with Gasteiger partial charge in [-0.3, -0.25) is 0 Å². The summed E-state index contributed by atoms with van der Waals surface area (Å²) >= 11 is 0. The highest BCUT2D eigenvalue weighted by atomic mass is 16.3. The van der Waals surface area contributed by atoms with E-state index in [4.69, 9.17) is 0 Å². The van der Waals surface area contributed by atoms with Crippen LogP contribution in [0.5, 0.6) is 0 Å². The molecule has 12 heavy (non-hydrogen) atoms. The van der Waals surface area contributed by atoms with Crippen LogP contribution in [-0.4, -0.2) is 21.9 Å². The fraction of sp³-hybridized carbons (Fsp3) is 1.00. The Kier molecular flexibility index (Phi) is 2.26. The predicted octanol–water partition coefficient (Wildman–Crippen LogP) is 1.55. The van der Waals surface area contributed by atoms with Crippen LogP contribution < -0.4 is 0 Å². The van der Waals surface area contributed by atoms with Crippen LogP contribution in [0.2, 0.25) is 0 Å². The third kappa shape index (κ3) is 1.38. The van der Waals surface area contributed by atoms with E-state index in [1.807, 2.05) is 27.7 Å². The molecule has 2 unspecified atom stereocenters. The van der Waals surface area contributed by atoms with Crippen molar-refractivity contribution in [2.45, 2.75) is 52.2 Å². The smallest absolute Gasteiger partial charge is 0.0697 e. The van der Waals surface area contributed by atoms with Crippen molar-refractivity contribution in [2.24, 2.45) is 11.3 Å². The molecule has 2 N–H and O–H groups in total. The monoisotopic (exact) mass is 172 g/mol. The summed E-state index contributed by atoms with van der Waals surface area (Å²) in [5, 5.41) is 19.7. The van der Waals surface area contributed by atoms with E-state index in [9.17, 15) is 10.2 Å². The normalized spacial score (nSPS) is 47.5. The standard InChI is InChI=1S/C10H20O2/c1-7-5-8(11)6-9(2,3)10(7,4)12/h7-8,11-12H,5-6H2,1-4H3/t7?,8-,10?/m1/s1. The van der Waals surface area contributed by atoms with E-state index < -0.39 is 5.60 Å². The van der Waals surface area contributed by atoms with Crippen molar-refractivity contribution in [3.8, 4) is 0 Å². The summed E-state index contributed by atoms with van der Waals surface area (Å²) in [5.74, 6) is 0.177. The van der Waals surface area contributed by atoms with Gasteiger partial charge in [0, 0.05) is 0 Å². The minimum atomic E-state index is -0.647. The average molecular weight is 172 g/mol. The van der Waals surface area contributed by atoms with Crippen molar-refractivity contribution >= 4 is 0 Å². The highest BCUT2D eigenvalue weighted by Gasteiger charge is 2.48. The number of hydrogen-bond donors (Lipinski definition) is 2. The first-order chi connectivity index (χ1) is 5.27. The van der Waals surface area contributed by atoms with Gasteiger partial charge >= 0.3 is 0 Å². The Labute approximate surface area is 74.6 Å². The summed E-state index contributed by atoms with van der Waals surface area (Å²) < 4.78 is 0. The quantitative estimate of drug-likeness (QED) is 0.582. The zero-order chi connectivity index (χ0) is 9.57. The summed E-state index contributed by atoms with van der Waals surface area (Å²) in [6.07, 6.45) is 1.18. The van der Waals surface area contributed by atoms with Gasteiger partial charge in [-0.2, -0.15) is 0 Å². The van der Waals surface area contributed by atoms with Crippen molar-refractivity contribution in [3.05, 3.63) is 0 Å². The van der Waals surface area contributed by atoms with Crippen molar-refractivity contribution in [1.82, 2.24) is 0 Å². The molecule has 0 aliphatic heterocycles. The van der Waals surface area contributed by atoms with Gasteiger partial charge in [0.15, 0.2) is 0 Å². The second-order valence-electron chi connectivity index (χ2n) is 5.03. The Morgan fingerprint density at radius 1 is 1.25 bits per heavy atom. The number of rotatable bonds is 0. The second-order valence-corrected chi connectivity index (χ2v) is 5.03. The lowest BCUT2D eigenvalue weighted by atomic mass is 9.61. The Balaban J connectivity index is 2.86. The maximum absolute atomic E-state index is 10.2. The molecule has 2 nitrogen and oxygen atoms in total. The van der Waals surface area contributed by atoms with Gasteiger partial charge in [0.2, 0.25) is 0 Å². The summed E-state index contributed by atoms with van der Waals surface area (Å²) in [6, 6.07) is 0. The fourth-order valence-corrected chi connectivity index (χ4v) is 2.18. The lowest BCUT2D eigenvalue weighted by Crippen LogP contribution is -2.53. The van der Waals surface area contributed by atoms with Gasteiger partial charge in [-0.05, 0) is 31.1 Å². The number of hydrogen-bond acceptors (Lipinski definition) is 2. The van der Waals surface area contributed by atoms with Gasteiger partial charge in [0.05, 0.1) is 11.7 Å². The number of aliphatic hydroxyl groups excluding tert-OH is 1. The Morgan fingerprint density at radius 3 is 2.17 bits per heavy atom. The van der Waals surface area contributed by atoms with Crippen LogP contribution >= 0.6 is 0 Å². The molecule has 0 aromatic heterocycles. The van der Waals surface area contributed by atoms with E-state index in [1.54, 1.807) is 0 Å². The van der Waals surface area contributed by atoms with Gasteiger partial charge in [-0.1, -0.05) is 20.8 Å². The predicted molar refractivity (Wildman–Crippen MR) is 48.8 cm³/mol. The van der Waals surface area contributed by atoms with Crippen LogP contribution in [0.25, 0.3) is 0 Å². The molecule has 1 aliphatic carbocycles. The molecule has 0 heterocycles. The molecular weight excluding hydrogens is 152 g/mol. The van der Waals surface area contributed by atoms with Gasteiger partial charge in [0.1, 0.15) is 0 Å². The van der Waals surface area contributed by atoms with E-state index in [0.717, 1.165) is 6.42 Å². The first-order valence-corrected chi connectivity index (χ1v) is 4.68. The van der Waals surface area contributed by atoms with Gasteiger partial charge in [-0.15, -0.1) is 0 Å². The summed E-state index contributed by atoms with van der Waals surface area (Å²) in [7, 11) is 0. The molecule has 0 radical (unpaired) electrons. The Hall–Kier alpha value is -0.0800. The summed E-state index contributed by atoms with van der Waals surface area (Å²) in [6.45, 7) is 7.92. The van der Waals surface area contributed by atoms with Crippen LogP contribution in [0.4, 0.5) is 0 Å². The van der Waals surface area contributed by atoms with E-state index in [2.05, 4.69) is 0 Å². The van der Waals surface area contributed by atoms with Gasteiger partial charge in [0.25, 0.3) is 0 Å². The van der Waals surface area contributed by atoms with Crippen LogP contribution in [0.15, 0.2) is 0 Å². The molecule has 0 saturated heterocycles. The first kappa shape index (κ1) is 10.0. The Bertz CT molecular complexity index is 173. The van der Waals surface area contributed by atoms with Crippen molar-refractivity contribution in [2.75, 3.05) is 0 Å². The van der Waals surface area contributed by atoms with E-state index >= 15 is 0 Å². The maximum atomic E-state index is 10.2. The van der Waals surface area contributed by atoms with Crippen LogP contribution in [-0.2, 0) is 0 Å². The van der Waals surface area contributed by atoms with Gasteiger partial charge < -0.3 is 10.2 Å². The molecule has 2 heteroatoms. The molecule has 1 saturated carbocycles. The lowest BCUT2D eigenvalue weighted by Gasteiger charge is -2.50. The van der Waals surface area contributed by atoms with Crippen molar-refractivity contribution in [3.63, 3.8) is 0 Å². The third-order valence-corrected chi connectivity index (χ3v) is 3.70. The summed E-state index contributed by atoms with van der Waals surface area (Å²) in [5.41, 5.74) is -0.823. The SMILES string of the molecule is CC1C[C@@H](O)CC(C)(C)C1(C)O. The number of aliphatic hydroxyl groups is 2. The molecule has 0 aromatic carbocycles.